The number of aliphatic hydroxyl groups excluding tert-OH is 2. The van der Waals surface area contributed by atoms with Crippen LogP contribution in [0.5, 0.6) is 5.75 Å². The van der Waals surface area contributed by atoms with E-state index in [-0.39, 0.29) is 13.0 Å². The molecule has 1 aliphatic heterocycles. The lowest BCUT2D eigenvalue weighted by atomic mass is 10.1. The largest absolute Gasteiger partial charge is 0.489 e. The van der Waals surface area contributed by atoms with Crippen molar-refractivity contribution in [3.05, 3.63) is 65.2 Å². The van der Waals surface area contributed by atoms with Gasteiger partial charge in [0.2, 0.25) is 0 Å². The molecule has 2 aromatic rings. The second kappa shape index (κ2) is 8.99. The number of carbonyl (C=O) groups excluding carboxylic acids is 1. The normalized spacial score (nSPS) is 22.3. The molecule has 1 heterocycles. The first-order chi connectivity index (χ1) is 13.0. The van der Waals surface area contributed by atoms with Gasteiger partial charge in [0.05, 0.1) is 17.8 Å². The van der Waals surface area contributed by atoms with E-state index < -0.39 is 24.5 Å². The van der Waals surface area contributed by atoms with Gasteiger partial charge in [-0.15, -0.1) is 0 Å². The monoisotopic (exact) mass is 372 g/mol. The van der Waals surface area contributed by atoms with E-state index in [0.29, 0.717) is 24.3 Å². The molecule has 3 rings (SSSR count). The van der Waals surface area contributed by atoms with Crippen LogP contribution in [0.1, 0.15) is 34.3 Å². The van der Waals surface area contributed by atoms with E-state index in [4.69, 9.17) is 14.2 Å². The summed E-state index contributed by atoms with van der Waals surface area (Å²) in [5.41, 5.74) is 2.25. The Balaban J connectivity index is 1.54. The van der Waals surface area contributed by atoms with E-state index in [1.807, 2.05) is 37.3 Å². The Morgan fingerprint density at radius 3 is 2.63 bits per heavy atom. The van der Waals surface area contributed by atoms with E-state index >= 15 is 0 Å². The van der Waals surface area contributed by atoms with Gasteiger partial charge in [-0.1, -0.05) is 30.3 Å². The lowest BCUT2D eigenvalue weighted by Crippen LogP contribution is -2.38. The van der Waals surface area contributed by atoms with Crippen molar-refractivity contribution < 1.29 is 29.2 Å². The molecule has 1 saturated heterocycles. The summed E-state index contributed by atoms with van der Waals surface area (Å²) in [6.45, 7) is 2.25. The Morgan fingerprint density at radius 2 is 1.93 bits per heavy atom. The van der Waals surface area contributed by atoms with Crippen LogP contribution < -0.4 is 4.74 Å². The highest BCUT2D eigenvalue weighted by atomic mass is 16.6. The Labute approximate surface area is 158 Å². The molecule has 0 bridgehead atoms. The zero-order valence-electron chi connectivity index (χ0n) is 15.2. The number of hydrogen-bond acceptors (Lipinski definition) is 6. The highest BCUT2D eigenvalue weighted by Gasteiger charge is 2.28. The van der Waals surface area contributed by atoms with Crippen LogP contribution in [-0.2, 0) is 16.1 Å². The second-order valence-electron chi connectivity index (χ2n) is 6.69. The molecule has 6 nitrogen and oxygen atoms in total. The van der Waals surface area contributed by atoms with E-state index in [1.54, 1.807) is 18.2 Å². The average Bonchev–Trinajstić information content (AvgIpc) is 2.64. The van der Waals surface area contributed by atoms with Crippen molar-refractivity contribution in [3.63, 3.8) is 0 Å². The van der Waals surface area contributed by atoms with Gasteiger partial charge in [0, 0.05) is 12.8 Å². The third kappa shape index (κ3) is 5.53. The summed E-state index contributed by atoms with van der Waals surface area (Å²) in [5.74, 6) is 0.204. The molecule has 0 aliphatic carbocycles. The molecule has 2 aromatic carbocycles. The molecule has 144 valence electrons. The van der Waals surface area contributed by atoms with Crippen LogP contribution in [0.4, 0.5) is 0 Å². The van der Waals surface area contributed by atoms with Gasteiger partial charge in [-0.3, -0.25) is 0 Å². The molecule has 0 amide bonds. The first-order valence-electron chi connectivity index (χ1n) is 8.97. The maximum Gasteiger partial charge on any atom is 0.338 e. The molecule has 0 aromatic heterocycles. The van der Waals surface area contributed by atoms with Gasteiger partial charge in [0.25, 0.3) is 0 Å². The predicted molar refractivity (Wildman–Crippen MR) is 98.4 cm³/mol. The molecule has 1 fully saturated rings. The molecule has 3 unspecified atom stereocenters. The summed E-state index contributed by atoms with van der Waals surface area (Å²) in [4.78, 5) is 12.3. The zero-order chi connectivity index (χ0) is 19.2. The summed E-state index contributed by atoms with van der Waals surface area (Å²) < 4.78 is 16.3. The van der Waals surface area contributed by atoms with E-state index in [1.165, 1.54) is 0 Å². The summed E-state index contributed by atoms with van der Waals surface area (Å²) in [5, 5.41) is 19.1. The number of rotatable bonds is 6. The third-order valence-corrected chi connectivity index (χ3v) is 4.42. The molecule has 3 atom stereocenters. The summed E-state index contributed by atoms with van der Waals surface area (Å²) in [6.07, 6.45) is -1.69. The Bertz CT molecular complexity index is 751. The van der Waals surface area contributed by atoms with Crippen LogP contribution in [0.25, 0.3) is 0 Å². The molecule has 1 aliphatic rings. The fourth-order valence-corrected chi connectivity index (χ4v) is 3.02. The van der Waals surface area contributed by atoms with Gasteiger partial charge < -0.3 is 24.4 Å². The number of benzene rings is 2. The van der Waals surface area contributed by atoms with Gasteiger partial charge in [0.15, 0.2) is 6.29 Å². The van der Waals surface area contributed by atoms with Crippen LogP contribution in [0.3, 0.4) is 0 Å². The smallest absolute Gasteiger partial charge is 0.338 e. The van der Waals surface area contributed by atoms with Gasteiger partial charge in [-0.2, -0.15) is 0 Å². The molecule has 0 saturated carbocycles. The fraction of sp³-hybridized carbons (Fsp3) is 0.381. The quantitative estimate of drug-likeness (QED) is 0.758. The molecule has 0 radical (unpaired) electrons. The average molecular weight is 372 g/mol. The Morgan fingerprint density at radius 1 is 1.15 bits per heavy atom. The minimum absolute atomic E-state index is 0.0152. The number of ether oxygens (including phenoxy) is 3. The minimum atomic E-state index is -1.03. The zero-order valence-corrected chi connectivity index (χ0v) is 15.2. The molecular formula is C21H24O6. The van der Waals surface area contributed by atoms with Crippen LogP contribution in [0.15, 0.2) is 48.5 Å². The predicted octanol–water partition coefficient (Wildman–Crippen LogP) is 2.59. The lowest BCUT2D eigenvalue weighted by molar-refractivity contribution is -0.197. The van der Waals surface area contributed by atoms with Gasteiger partial charge in [-0.25, -0.2) is 4.79 Å². The van der Waals surface area contributed by atoms with Gasteiger partial charge in [-0.05, 0) is 36.2 Å². The van der Waals surface area contributed by atoms with Crippen LogP contribution in [0, 0.1) is 6.92 Å². The highest BCUT2D eigenvalue weighted by Crippen LogP contribution is 2.21. The van der Waals surface area contributed by atoms with E-state index in [0.717, 1.165) is 11.1 Å². The SMILES string of the molecule is Cc1cc(OCc2ccccc2)ccc1C(=O)OCC1CC(O)CC(O)O1. The molecule has 0 spiro atoms. The molecule has 6 heteroatoms. The maximum atomic E-state index is 12.3. The number of aliphatic hydroxyl groups is 2. The lowest BCUT2D eigenvalue weighted by Gasteiger charge is -2.29. The second-order valence-corrected chi connectivity index (χ2v) is 6.69. The van der Waals surface area contributed by atoms with Crippen molar-refractivity contribution in [2.45, 2.75) is 44.9 Å². The van der Waals surface area contributed by atoms with Crippen molar-refractivity contribution in [1.29, 1.82) is 0 Å². The van der Waals surface area contributed by atoms with Crippen molar-refractivity contribution in [2.75, 3.05) is 6.61 Å². The van der Waals surface area contributed by atoms with Crippen molar-refractivity contribution in [2.24, 2.45) is 0 Å². The number of hydrogen-bond donors (Lipinski definition) is 2. The van der Waals surface area contributed by atoms with Crippen LogP contribution >= 0.6 is 0 Å². The Hall–Kier alpha value is -2.41. The first-order valence-corrected chi connectivity index (χ1v) is 8.97. The molecule has 27 heavy (non-hydrogen) atoms. The highest BCUT2D eigenvalue weighted by molar-refractivity contribution is 5.91. The minimum Gasteiger partial charge on any atom is -0.489 e. The number of carbonyl (C=O) groups is 1. The topological polar surface area (TPSA) is 85.2 Å². The number of aryl methyl sites for hydroxylation is 1. The van der Waals surface area contributed by atoms with Crippen molar-refractivity contribution >= 4 is 5.97 Å². The van der Waals surface area contributed by atoms with Gasteiger partial charge >= 0.3 is 5.97 Å². The number of esters is 1. The molecule has 2 N–H and O–H groups in total. The van der Waals surface area contributed by atoms with Crippen LogP contribution in [-0.4, -0.2) is 41.3 Å². The van der Waals surface area contributed by atoms with Crippen molar-refractivity contribution in [3.8, 4) is 5.75 Å². The van der Waals surface area contributed by atoms with E-state index in [2.05, 4.69) is 0 Å². The molecular weight excluding hydrogens is 348 g/mol. The van der Waals surface area contributed by atoms with Crippen LogP contribution in [0.2, 0.25) is 0 Å². The maximum absolute atomic E-state index is 12.3. The van der Waals surface area contributed by atoms with E-state index in [9.17, 15) is 15.0 Å². The first kappa shape index (κ1) is 19.4. The summed E-state index contributed by atoms with van der Waals surface area (Å²) >= 11 is 0. The summed E-state index contributed by atoms with van der Waals surface area (Å²) in [6, 6.07) is 15.0. The Kier molecular flexibility index (Phi) is 6.45. The fourth-order valence-electron chi connectivity index (χ4n) is 3.02. The van der Waals surface area contributed by atoms with Gasteiger partial charge in [0.1, 0.15) is 19.0 Å². The third-order valence-electron chi connectivity index (χ3n) is 4.42. The summed E-state index contributed by atoms with van der Waals surface area (Å²) in [7, 11) is 0. The van der Waals surface area contributed by atoms with Crippen molar-refractivity contribution in [1.82, 2.24) is 0 Å². The standard InChI is InChI=1S/C21H24O6/c1-14-9-17(25-12-15-5-3-2-4-6-15)7-8-19(14)21(24)26-13-18-10-16(22)11-20(23)27-18/h2-9,16,18,20,22-23H,10-13H2,1H3.